The van der Waals surface area contributed by atoms with Crippen LogP contribution in [0.5, 0.6) is 0 Å². The van der Waals surface area contributed by atoms with Gasteiger partial charge in [-0.1, -0.05) is 0 Å². The first-order valence-corrected chi connectivity index (χ1v) is 7.10. The van der Waals surface area contributed by atoms with Crippen molar-refractivity contribution in [2.45, 2.75) is 18.1 Å². The number of hydrogen-bond donors (Lipinski definition) is 1. The first-order chi connectivity index (χ1) is 11.4. The number of nitrogens with zero attached hydrogens (tertiary/aromatic N) is 3. The summed E-state index contributed by atoms with van der Waals surface area (Å²) in [4.78, 5) is 3.96. The molecular formula is C13H15F7N4O. The summed E-state index contributed by atoms with van der Waals surface area (Å²) >= 11 is 0. The van der Waals surface area contributed by atoms with Gasteiger partial charge in [-0.25, -0.2) is 5.43 Å². The Morgan fingerprint density at radius 1 is 1.04 bits per heavy atom. The molecule has 0 bridgehead atoms. The second-order valence-corrected chi connectivity index (χ2v) is 5.48. The van der Waals surface area contributed by atoms with Gasteiger partial charge in [-0.15, -0.1) is 0 Å². The Labute approximate surface area is 138 Å². The van der Waals surface area contributed by atoms with Crippen molar-refractivity contribution in [3.63, 3.8) is 0 Å². The molecule has 25 heavy (non-hydrogen) atoms. The number of hydrogen-bond acceptors (Lipinski definition) is 5. The van der Waals surface area contributed by atoms with Crippen molar-refractivity contribution in [3.05, 3.63) is 17.9 Å². The van der Waals surface area contributed by atoms with Gasteiger partial charge in [-0.05, 0) is 13.1 Å². The van der Waals surface area contributed by atoms with Crippen molar-refractivity contribution in [2.24, 2.45) is 5.10 Å². The lowest BCUT2D eigenvalue weighted by molar-refractivity contribution is -0.361. The van der Waals surface area contributed by atoms with Crippen molar-refractivity contribution in [1.82, 2.24) is 10.3 Å². The molecule has 1 aliphatic heterocycles. The number of halogens is 7. The zero-order valence-electron chi connectivity index (χ0n) is 13.0. The summed E-state index contributed by atoms with van der Waals surface area (Å²) in [6, 6.07) is -2.75. The van der Waals surface area contributed by atoms with E-state index in [0.717, 1.165) is 13.1 Å². The lowest BCUT2D eigenvalue weighted by atomic mass is 10.3. The van der Waals surface area contributed by atoms with Gasteiger partial charge in [-0.2, -0.15) is 35.8 Å². The van der Waals surface area contributed by atoms with Crippen LogP contribution in [0.25, 0.3) is 0 Å². The molecule has 1 saturated heterocycles. The van der Waals surface area contributed by atoms with Gasteiger partial charge in [0.1, 0.15) is 5.76 Å². The molecule has 1 aliphatic rings. The Morgan fingerprint density at radius 2 is 1.64 bits per heavy atom. The molecule has 0 unspecified atom stereocenters. The number of alkyl halides is 7. The second kappa shape index (κ2) is 6.73. The Hall–Kier alpha value is -1.98. The third-order valence-corrected chi connectivity index (χ3v) is 3.57. The van der Waals surface area contributed by atoms with Crippen LogP contribution in [-0.2, 0) is 0 Å². The molecule has 0 aliphatic carbocycles. The van der Waals surface area contributed by atoms with Gasteiger partial charge < -0.3 is 14.2 Å². The van der Waals surface area contributed by atoms with Crippen LogP contribution in [0.3, 0.4) is 0 Å². The molecule has 0 amide bonds. The van der Waals surface area contributed by atoms with Crippen molar-refractivity contribution in [3.8, 4) is 0 Å². The number of hydrazone groups is 1. The minimum Gasteiger partial charge on any atom is -0.440 e. The van der Waals surface area contributed by atoms with E-state index in [0.29, 0.717) is 30.6 Å². The highest BCUT2D eigenvalue weighted by molar-refractivity contribution is 5.76. The molecule has 5 nitrogen and oxygen atoms in total. The van der Waals surface area contributed by atoms with Crippen LogP contribution in [-0.4, -0.2) is 62.5 Å². The van der Waals surface area contributed by atoms with Crippen LogP contribution in [0.15, 0.2) is 21.7 Å². The van der Waals surface area contributed by atoms with Crippen LogP contribution in [0.4, 0.5) is 36.6 Å². The minimum atomic E-state index is -6.42. The lowest BCUT2D eigenvalue weighted by Crippen LogP contribution is -2.58. The second-order valence-electron chi connectivity index (χ2n) is 5.48. The van der Waals surface area contributed by atoms with E-state index in [2.05, 4.69) is 10.0 Å². The molecule has 142 valence electrons. The summed E-state index contributed by atoms with van der Waals surface area (Å²) < 4.78 is 92.5. The van der Waals surface area contributed by atoms with E-state index in [1.807, 2.05) is 11.9 Å². The Morgan fingerprint density at radius 3 is 2.20 bits per heavy atom. The predicted octanol–water partition coefficient (Wildman–Crippen LogP) is 2.75. The average Bonchev–Trinajstić information content (AvgIpc) is 2.95. The van der Waals surface area contributed by atoms with E-state index in [9.17, 15) is 30.7 Å². The number of likely N-dealkylation sites (N-methyl/N-ethyl adjacent to an activating group) is 1. The summed E-state index contributed by atoms with van der Waals surface area (Å²) in [5.74, 6) is -5.93. The Kier molecular flexibility index (Phi) is 5.21. The number of piperazine rings is 1. The summed E-state index contributed by atoms with van der Waals surface area (Å²) in [5, 5.41) is 2.74. The van der Waals surface area contributed by atoms with Crippen molar-refractivity contribution in [1.29, 1.82) is 0 Å². The normalized spacial score (nSPS) is 18.2. The van der Waals surface area contributed by atoms with E-state index < -0.39 is 18.1 Å². The van der Waals surface area contributed by atoms with E-state index in [1.165, 1.54) is 12.1 Å². The molecule has 1 N–H and O–H groups in total. The van der Waals surface area contributed by atoms with Gasteiger partial charge in [-0.3, -0.25) is 0 Å². The van der Waals surface area contributed by atoms with Gasteiger partial charge >= 0.3 is 18.1 Å². The molecule has 0 aromatic carbocycles. The molecule has 0 radical (unpaired) electrons. The van der Waals surface area contributed by atoms with Crippen LogP contribution in [0.1, 0.15) is 5.76 Å². The molecule has 2 rings (SSSR count). The van der Waals surface area contributed by atoms with Gasteiger partial charge in [0, 0.05) is 32.2 Å². The molecule has 1 fully saturated rings. The van der Waals surface area contributed by atoms with Crippen molar-refractivity contribution < 1.29 is 35.2 Å². The first-order valence-electron chi connectivity index (χ1n) is 7.10. The smallest absolute Gasteiger partial charge is 0.440 e. The zero-order valence-corrected chi connectivity index (χ0v) is 13.0. The topological polar surface area (TPSA) is 44.0 Å². The Balaban J connectivity index is 1.99. The number of rotatable bonds is 5. The fraction of sp³-hybridized carbons (Fsp3) is 0.615. The van der Waals surface area contributed by atoms with E-state index >= 15 is 0 Å². The summed E-state index contributed by atoms with van der Waals surface area (Å²) in [5.41, 5.74) is 0.535. The third kappa shape index (κ3) is 4.17. The zero-order chi connectivity index (χ0) is 18.9. The van der Waals surface area contributed by atoms with Gasteiger partial charge in [0.15, 0.2) is 5.88 Å². The number of nitrogens with one attached hydrogen (secondary N) is 1. The average molecular weight is 376 g/mol. The van der Waals surface area contributed by atoms with Gasteiger partial charge in [0.25, 0.3) is 0 Å². The molecular weight excluding hydrogens is 361 g/mol. The van der Waals surface area contributed by atoms with Crippen LogP contribution < -0.4 is 10.3 Å². The van der Waals surface area contributed by atoms with Crippen molar-refractivity contribution in [2.75, 3.05) is 38.1 Å². The standard InChI is InChI=1S/C13H15F7N4O/c1-23-4-6-24(7-5-23)10-3-2-9(25-10)8-21-22-13(19,20)11(14,15)12(16,17)18/h2-3,8,22H,4-7H2,1H3/b21-8+. The maximum atomic E-state index is 13.0. The molecule has 1 aromatic heterocycles. The van der Waals surface area contributed by atoms with E-state index in [1.54, 1.807) is 0 Å². The van der Waals surface area contributed by atoms with Crippen LogP contribution in [0, 0.1) is 0 Å². The lowest BCUT2D eigenvalue weighted by Gasteiger charge is -2.32. The first kappa shape index (κ1) is 19.3. The largest absolute Gasteiger partial charge is 0.462 e. The summed E-state index contributed by atoms with van der Waals surface area (Å²) in [6.07, 6.45) is -5.82. The monoisotopic (exact) mass is 376 g/mol. The maximum Gasteiger partial charge on any atom is 0.462 e. The maximum absolute atomic E-state index is 13.0. The fourth-order valence-electron chi connectivity index (χ4n) is 2.03. The molecule has 12 heteroatoms. The van der Waals surface area contributed by atoms with E-state index in [-0.39, 0.29) is 5.76 Å². The van der Waals surface area contributed by atoms with Crippen LogP contribution in [0.2, 0.25) is 0 Å². The summed E-state index contributed by atoms with van der Waals surface area (Å²) in [6.45, 7) is 2.89. The third-order valence-electron chi connectivity index (χ3n) is 3.57. The molecule has 1 aromatic rings. The number of furan rings is 1. The van der Waals surface area contributed by atoms with Crippen molar-refractivity contribution >= 4 is 12.1 Å². The Bertz CT molecular complexity index is 606. The quantitative estimate of drug-likeness (QED) is 0.372. The van der Waals surface area contributed by atoms with Gasteiger partial charge in [0.2, 0.25) is 0 Å². The highest BCUT2D eigenvalue weighted by Crippen LogP contribution is 2.44. The SMILES string of the molecule is CN1CCN(c2ccc(/C=N/NC(F)(F)C(F)(F)C(F)(F)F)o2)CC1. The van der Waals surface area contributed by atoms with Gasteiger partial charge in [0.05, 0.1) is 6.21 Å². The van der Waals surface area contributed by atoms with E-state index in [4.69, 9.17) is 4.42 Å². The molecule has 0 saturated carbocycles. The summed E-state index contributed by atoms with van der Waals surface area (Å²) in [7, 11) is 1.94. The molecule has 2 heterocycles. The minimum absolute atomic E-state index is 0.0763. The fourth-order valence-corrected chi connectivity index (χ4v) is 2.03. The van der Waals surface area contributed by atoms with Crippen LogP contribution >= 0.6 is 0 Å². The molecule has 0 atom stereocenters. The highest BCUT2D eigenvalue weighted by atomic mass is 19.4. The highest BCUT2D eigenvalue weighted by Gasteiger charge is 2.73. The molecule has 0 spiro atoms. The number of anilines is 1. The predicted molar refractivity (Wildman–Crippen MR) is 75.1 cm³/mol.